The molecule has 254 valence electrons. The Labute approximate surface area is 316 Å². The van der Waals surface area contributed by atoms with E-state index in [-0.39, 0.29) is 0 Å². The molecule has 0 bridgehead atoms. The van der Waals surface area contributed by atoms with Crippen LogP contribution in [0.2, 0.25) is 0 Å². The lowest BCUT2D eigenvalue weighted by molar-refractivity contribution is 1.15. The first-order valence-corrected chi connectivity index (χ1v) is 18.3. The van der Waals surface area contributed by atoms with E-state index in [4.69, 9.17) is 0 Å². The van der Waals surface area contributed by atoms with Crippen molar-refractivity contribution in [2.24, 2.45) is 0 Å². The average molecular weight is 700 g/mol. The number of nitriles is 2. The highest BCUT2D eigenvalue weighted by Gasteiger charge is 2.19. The van der Waals surface area contributed by atoms with Gasteiger partial charge in [-0.25, -0.2) is 0 Å². The molecule has 0 saturated carbocycles. The lowest BCUT2D eigenvalue weighted by Gasteiger charge is -2.14. The molecule has 8 aromatic carbocycles. The minimum absolute atomic E-state index is 0.596. The molecule has 0 fully saturated rings. The molecule has 3 heterocycles. The second-order valence-corrected chi connectivity index (χ2v) is 14.0. The van der Waals surface area contributed by atoms with Gasteiger partial charge in [0.2, 0.25) is 0 Å². The van der Waals surface area contributed by atoms with Gasteiger partial charge in [0.1, 0.15) is 6.07 Å². The minimum atomic E-state index is 0.596. The van der Waals surface area contributed by atoms with Crippen molar-refractivity contribution < 1.29 is 0 Å². The van der Waals surface area contributed by atoms with E-state index in [2.05, 4.69) is 171 Å². The monoisotopic (exact) mass is 699 g/mol. The summed E-state index contributed by atoms with van der Waals surface area (Å²) in [6, 6.07) is 65.9. The van der Waals surface area contributed by atoms with Crippen LogP contribution in [0.3, 0.4) is 0 Å². The summed E-state index contributed by atoms with van der Waals surface area (Å²) in [7, 11) is 0. The van der Waals surface area contributed by atoms with Gasteiger partial charge in [-0.15, -0.1) is 0 Å². The summed E-state index contributed by atoms with van der Waals surface area (Å²) in [5, 5.41) is 27.5. The van der Waals surface area contributed by atoms with E-state index in [1.807, 2.05) is 30.3 Å². The Morgan fingerprint density at radius 2 is 0.782 bits per heavy atom. The Morgan fingerprint density at radius 1 is 0.327 bits per heavy atom. The maximum absolute atomic E-state index is 10.6. The van der Waals surface area contributed by atoms with Gasteiger partial charge in [0.25, 0.3) is 0 Å². The highest BCUT2D eigenvalue weighted by molar-refractivity contribution is 6.13. The molecule has 5 nitrogen and oxygen atoms in total. The summed E-state index contributed by atoms with van der Waals surface area (Å²) in [5.41, 5.74) is 12.4. The third-order valence-corrected chi connectivity index (χ3v) is 11.1. The van der Waals surface area contributed by atoms with Gasteiger partial charge in [0.05, 0.1) is 50.3 Å². The molecular formula is C50H29N5. The van der Waals surface area contributed by atoms with E-state index in [1.54, 1.807) is 0 Å². The molecular weight excluding hydrogens is 671 g/mol. The zero-order valence-electron chi connectivity index (χ0n) is 29.5. The van der Waals surface area contributed by atoms with E-state index >= 15 is 0 Å². The van der Waals surface area contributed by atoms with Crippen molar-refractivity contribution in [1.29, 1.82) is 10.5 Å². The van der Waals surface area contributed by atoms with Crippen LogP contribution in [0.25, 0.3) is 93.6 Å². The van der Waals surface area contributed by atoms with Crippen LogP contribution in [0.1, 0.15) is 11.1 Å². The van der Waals surface area contributed by atoms with Crippen LogP contribution in [0.5, 0.6) is 0 Å². The quantitative estimate of drug-likeness (QED) is 0.184. The lowest BCUT2D eigenvalue weighted by Crippen LogP contribution is -1.98. The van der Waals surface area contributed by atoms with Crippen molar-refractivity contribution >= 4 is 65.4 Å². The van der Waals surface area contributed by atoms with Crippen molar-refractivity contribution in [2.45, 2.75) is 0 Å². The largest absolute Gasteiger partial charge is 0.309 e. The Morgan fingerprint density at radius 3 is 1.38 bits per heavy atom. The summed E-state index contributed by atoms with van der Waals surface area (Å²) >= 11 is 0. The van der Waals surface area contributed by atoms with Crippen molar-refractivity contribution in [3.63, 3.8) is 0 Å². The summed E-state index contributed by atoms with van der Waals surface area (Å²) in [6.07, 6.45) is 0. The molecule has 0 unspecified atom stereocenters. The second kappa shape index (κ2) is 11.8. The molecule has 0 N–H and O–H groups in total. The Balaban J connectivity index is 1.05. The fourth-order valence-corrected chi connectivity index (χ4v) is 8.76. The predicted molar refractivity (Wildman–Crippen MR) is 224 cm³/mol. The molecule has 5 heteroatoms. The minimum Gasteiger partial charge on any atom is -0.309 e. The number of hydrogen-bond donors (Lipinski definition) is 0. The highest BCUT2D eigenvalue weighted by Crippen LogP contribution is 2.39. The fourth-order valence-electron chi connectivity index (χ4n) is 8.76. The van der Waals surface area contributed by atoms with Crippen molar-refractivity contribution in [3.05, 3.63) is 187 Å². The zero-order valence-corrected chi connectivity index (χ0v) is 29.5. The van der Waals surface area contributed by atoms with E-state index in [1.165, 1.54) is 10.8 Å². The van der Waals surface area contributed by atoms with Gasteiger partial charge in [0.15, 0.2) is 0 Å². The van der Waals surface area contributed by atoms with Crippen LogP contribution in [0, 0.1) is 22.7 Å². The van der Waals surface area contributed by atoms with E-state index in [9.17, 15) is 10.5 Å². The number of benzene rings is 8. The number of nitrogens with zero attached hydrogens (tertiary/aromatic N) is 5. The Kier molecular flexibility index (Phi) is 6.61. The van der Waals surface area contributed by atoms with Crippen molar-refractivity contribution in [2.75, 3.05) is 0 Å². The summed E-state index contributed by atoms with van der Waals surface area (Å²) < 4.78 is 6.79. The topological polar surface area (TPSA) is 62.4 Å². The normalized spacial score (nSPS) is 11.6. The Hall–Kier alpha value is -7.86. The van der Waals surface area contributed by atoms with Crippen molar-refractivity contribution in [3.8, 4) is 40.3 Å². The first-order chi connectivity index (χ1) is 27.2. The van der Waals surface area contributed by atoms with Crippen LogP contribution >= 0.6 is 0 Å². The van der Waals surface area contributed by atoms with Gasteiger partial charge >= 0.3 is 0 Å². The molecule has 0 radical (unpaired) electrons. The van der Waals surface area contributed by atoms with Gasteiger partial charge in [-0.05, 0) is 77.9 Å². The van der Waals surface area contributed by atoms with Gasteiger partial charge < -0.3 is 13.7 Å². The lowest BCUT2D eigenvalue weighted by atomic mass is 9.99. The maximum atomic E-state index is 10.6. The smallest absolute Gasteiger partial charge is 0.101 e. The maximum Gasteiger partial charge on any atom is 0.101 e. The van der Waals surface area contributed by atoms with E-state index < -0.39 is 0 Å². The second-order valence-electron chi connectivity index (χ2n) is 14.0. The standard InChI is InChI=1S/C50H29N5/c51-30-33-10-9-15-44-42-14-4-8-19-48(42)55(50(33)44)35-22-20-32(21-23-35)38-26-24-36(28-34(38)31-52)54-47-18-7-3-13-41(47)43-27-25-37(29-49(43)54)53-45-16-5-1-11-39(45)40-12-2-6-17-46(40)53/h1-29H. The summed E-state index contributed by atoms with van der Waals surface area (Å²) in [6.45, 7) is 0. The van der Waals surface area contributed by atoms with E-state index in [0.717, 1.165) is 82.8 Å². The number of hydrogen-bond acceptors (Lipinski definition) is 2. The van der Waals surface area contributed by atoms with Crippen LogP contribution in [0.4, 0.5) is 0 Å². The molecule has 0 aliphatic carbocycles. The SMILES string of the molecule is N#Cc1cc(-n2c3ccccc3c3ccc(-n4c5ccccc5c5ccccc54)cc32)ccc1-c1ccc(-n2c3ccccc3c3cccc(C#N)c32)cc1. The molecule has 0 amide bonds. The molecule has 3 aromatic heterocycles. The highest BCUT2D eigenvalue weighted by atomic mass is 15.0. The van der Waals surface area contributed by atoms with Gasteiger partial charge in [-0.2, -0.15) is 10.5 Å². The van der Waals surface area contributed by atoms with Crippen LogP contribution in [0.15, 0.2) is 176 Å². The molecule has 11 aromatic rings. The van der Waals surface area contributed by atoms with Crippen LogP contribution in [-0.4, -0.2) is 13.7 Å². The predicted octanol–water partition coefficient (Wildman–Crippen LogP) is 12.4. The number of fused-ring (bicyclic) bond motifs is 9. The van der Waals surface area contributed by atoms with Gasteiger partial charge in [0, 0.05) is 49.4 Å². The molecule has 0 aliphatic heterocycles. The van der Waals surface area contributed by atoms with Gasteiger partial charge in [-0.3, -0.25) is 0 Å². The number of para-hydroxylation sites is 5. The van der Waals surface area contributed by atoms with Crippen LogP contribution in [-0.2, 0) is 0 Å². The number of aromatic nitrogens is 3. The molecule has 55 heavy (non-hydrogen) atoms. The third-order valence-electron chi connectivity index (χ3n) is 11.1. The molecule has 0 aliphatic rings. The van der Waals surface area contributed by atoms with E-state index in [0.29, 0.717) is 11.1 Å². The summed E-state index contributed by atoms with van der Waals surface area (Å²) in [5.74, 6) is 0. The Bertz CT molecular complexity index is 3400. The first-order valence-electron chi connectivity index (χ1n) is 18.3. The fraction of sp³-hybridized carbons (Fsp3) is 0. The van der Waals surface area contributed by atoms with Gasteiger partial charge in [-0.1, -0.05) is 109 Å². The summed E-state index contributed by atoms with van der Waals surface area (Å²) in [4.78, 5) is 0. The molecule has 0 saturated heterocycles. The third kappa shape index (κ3) is 4.45. The first kappa shape index (κ1) is 30.7. The number of rotatable bonds is 4. The van der Waals surface area contributed by atoms with Crippen LogP contribution < -0.4 is 0 Å². The molecule has 0 atom stereocenters. The average Bonchev–Trinajstić information content (AvgIpc) is 3.89. The van der Waals surface area contributed by atoms with Crippen molar-refractivity contribution in [1.82, 2.24) is 13.7 Å². The zero-order chi connectivity index (χ0) is 36.6. The molecule has 0 spiro atoms. The molecule has 11 rings (SSSR count).